The Morgan fingerprint density at radius 1 is 1.10 bits per heavy atom. The number of methoxy groups -OCH3 is 3. The Bertz CT molecular complexity index is 992. The molecule has 1 saturated heterocycles. The van der Waals surface area contributed by atoms with Crippen LogP contribution in [0, 0.1) is 16.0 Å². The van der Waals surface area contributed by atoms with Gasteiger partial charge < -0.3 is 24.4 Å². The van der Waals surface area contributed by atoms with Crippen molar-refractivity contribution < 1.29 is 28.7 Å². The molecule has 1 atom stereocenters. The standard InChI is InChI=1S/C20H21N3O7/c1-28-13-4-6-15(17(9-13)23(26)27)21-20(25)12-8-19(24)22(11-12)16-7-5-14(29-2)10-18(16)30-3/h4-7,9-10,12H,8,11H2,1-3H3,(H,21,25)/t12-/m0/s1. The number of nitro groups is 1. The van der Waals surface area contributed by atoms with E-state index in [-0.39, 0.29) is 30.2 Å². The van der Waals surface area contributed by atoms with Crippen molar-refractivity contribution in [1.29, 1.82) is 0 Å². The molecule has 0 unspecified atom stereocenters. The third-order valence-electron chi connectivity index (χ3n) is 4.83. The van der Waals surface area contributed by atoms with Crippen LogP contribution in [0.3, 0.4) is 0 Å². The largest absolute Gasteiger partial charge is 0.497 e. The van der Waals surface area contributed by atoms with Gasteiger partial charge in [-0.2, -0.15) is 0 Å². The van der Waals surface area contributed by atoms with Crippen molar-refractivity contribution in [3.8, 4) is 17.2 Å². The molecule has 2 aromatic rings. The molecule has 0 aliphatic carbocycles. The van der Waals surface area contributed by atoms with E-state index in [2.05, 4.69) is 5.32 Å². The van der Waals surface area contributed by atoms with Crippen molar-refractivity contribution in [2.45, 2.75) is 6.42 Å². The molecule has 10 heteroatoms. The third kappa shape index (κ3) is 4.12. The van der Waals surface area contributed by atoms with Crippen molar-refractivity contribution in [1.82, 2.24) is 0 Å². The fourth-order valence-corrected chi connectivity index (χ4v) is 3.25. The quantitative estimate of drug-likeness (QED) is 0.545. The molecule has 0 aromatic heterocycles. The van der Waals surface area contributed by atoms with Gasteiger partial charge in [-0.15, -0.1) is 0 Å². The highest BCUT2D eigenvalue weighted by molar-refractivity contribution is 6.04. The van der Waals surface area contributed by atoms with Crippen molar-refractivity contribution in [2.75, 3.05) is 38.1 Å². The number of rotatable bonds is 7. The first kappa shape index (κ1) is 20.9. The lowest BCUT2D eigenvalue weighted by Gasteiger charge is -2.20. The Labute approximate surface area is 172 Å². The van der Waals surface area contributed by atoms with Crippen LogP contribution < -0.4 is 24.4 Å². The van der Waals surface area contributed by atoms with Crippen LogP contribution in [-0.4, -0.2) is 44.6 Å². The number of nitrogens with zero attached hydrogens (tertiary/aromatic N) is 2. The van der Waals surface area contributed by atoms with Crippen LogP contribution in [0.1, 0.15) is 6.42 Å². The lowest BCUT2D eigenvalue weighted by atomic mass is 10.1. The number of hydrogen-bond donors (Lipinski definition) is 1. The second-order valence-corrected chi connectivity index (χ2v) is 6.57. The highest BCUT2D eigenvalue weighted by atomic mass is 16.6. The van der Waals surface area contributed by atoms with Crippen molar-refractivity contribution in [3.05, 3.63) is 46.5 Å². The van der Waals surface area contributed by atoms with E-state index in [9.17, 15) is 19.7 Å². The van der Waals surface area contributed by atoms with E-state index < -0.39 is 16.7 Å². The van der Waals surface area contributed by atoms with Gasteiger partial charge in [0.2, 0.25) is 11.8 Å². The average molecular weight is 415 g/mol. The second-order valence-electron chi connectivity index (χ2n) is 6.57. The van der Waals surface area contributed by atoms with Gasteiger partial charge in [-0.3, -0.25) is 19.7 Å². The highest BCUT2D eigenvalue weighted by Gasteiger charge is 2.37. The zero-order chi connectivity index (χ0) is 21.8. The van der Waals surface area contributed by atoms with Gasteiger partial charge in [-0.05, 0) is 24.3 Å². The van der Waals surface area contributed by atoms with E-state index in [4.69, 9.17) is 14.2 Å². The molecule has 1 heterocycles. The summed E-state index contributed by atoms with van der Waals surface area (Å²) in [6.45, 7) is 0.122. The second kappa shape index (κ2) is 8.68. The number of carbonyl (C=O) groups is 2. The van der Waals surface area contributed by atoms with Gasteiger partial charge >= 0.3 is 0 Å². The molecule has 158 valence electrons. The summed E-state index contributed by atoms with van der Waals surface area (Å²) in [4.78, 5) is 37.5. The smallest absolute Gasteiger partial charge is 0.296 e. The van der Waals surface area contributed by atoms with Crippen LogP contribution in [0.15, 0.2) is 36.4 Å². The van der Waals surface area contributed by atoms with Gasteiger partial charge in [-0.25, -0.2) is 0 Å². The number of anilines is 2. The molecule has 0 bridgehead atoms. The van der Waals surface area contributed by atoms with E-state index in [0.29, 0.717) is 22.9 Å². The zero-order valence-electron chi connectivity index (χ0n) is 16.7. The number of hydrogen-bond acceptors (Lipinski definition) is 7. The summed E-state index contributed by atoms with van der Waals surface area (Å²) in [5.41, 5.74) is 0.272. The van der Waals surface area contributed by atoms with Gasteiger partial charge in [0, 0.05) is 19.0 Å². The van der Waals surface area contributed by atoms with Gasteiger partial charge in [0.1, 0.15) is 22.9 Å². The predicted molar refractivity (Wildman–Crippen MR) is 108 cm³/mol. The summed E-state index contributed by atoms with van der Waals surface area (Å²) in [7, 11) is 4.39. The number of amides is 2. The number of nitro benzene ring substituents is 1. The summed E-state index contributed by atoms with van der Waals surface area (Å²) in [5.74, 6) is -0.0909. The Morgan fingerprint density at radius 3 is 2.40 bits per heavy atom. The van der Waals surface area contributed by atoms with Crippen molar-refractivity contribution >= 4 is 28.9 Å². The normalized spacial score (nSPS) is 15.6. The number of benzene rings is 2. The molecule has 1 N–H and O–H groups in total. The van der Waals surface area contributed by atoms with E-state index in [1.807, 2.05) is 0 Å². The van der Waals surface area contributed by atoms with Crippen LogP contribution in [0.2, 0.25) is 0 Å². The molecule has 2 aromatic carbocycles. The summed E-state index contributed by atoms with van der Waals surface area (Å²) >= 11 is 0. The van der Waals surface area contributed by atoms with Crippen molar-refractivity contribution in [2.24, 2.45) is 5.92 Å². The molecule has 3 rings (SSSR count). The monoisotopic (exact) mass is 415 g/mol. The van der Waals surface area contributed by atoms with E-state index in [1.54, 1.807) is 18.2 Å². The first-order valence-electron chi connectivity index (χ1n) is 9.03. The van der Waals surface area contributed by atoms with Crippen LogP contribution in [-0.2, 0) is 9.59 Å². The fraction of sp³-hybridized carbons (Fsp3) is 0.300. The SMILES string of the molecule is COc1ccc(N2C[C@@H](C(=O)Nc3ccc(OC)cc3[N+](=O)[O-])CC2=O)c(OC)c1. The Morgan fingerprint density at radius 2 is 1.77 bits per heavy atom. The van der Waals surface area contributed by atoms with Crippen LogP contribution in [0.25, 0.3) is 0 Å². The molecule has 0 spiro atoms. The van der Waals surface area contributed by atoms with Gasteiger partial charge in [0.05, 0.1) is 43.9 Å². The Hall–Kier alpha value is -3.82. The molecular formula is C20H21N3O7. The molecule has 30 heavy (non-hydrogen) atoms. The molecule has 1 fully saturated rings. The lowest BCUT2D eigenvalue weighted by Crippen LogP contribution is -2.28. The number of nitrogens with one attached hydrogen (secondary N) is 1. The average Bonchev–Trinajstić information content (AvgIpc) is 3.14. The van der Waals surface area contributed by atoms with Gasteiger partial charge in [0.25, 0.3) is 5.69 Å². The summed E-state index contributed by atoms with van der Waals surface area (Å²) in [6, 6.07) is 9.16. The fourth-order valence-electron chi connectivity index (χ4n) is 3.25. The van der Waals surface area contributed by atoms with Gasteiger partial charge in [-0.1, -0.05) is 0 Å². The molecule has 0 saturated carbocycles. The topological polar surface area (TPSA) is 120 Å². The first-order chi connectivity index (χ1) is 14.4. The highest BCUT2D eigenvalue weighted by Crippen LogP contribution is 2.36. The van der Waals surface area contributed by atoms with Crippen LogP contribution in [0.5, 0.6) is 17.2 Å². The zero-order valence-corrected chi connectivity index (χ0v) is 16.7. The van der Waals surface area contributed by atoms with Crippen molar-refractivity contribution in [3.63, 3.8) is 0 Å². The minimum atomic E-state index is -0.675. The third-order valence-corrected chi connectivity index (χ3v) is 4.83. The molecule has 10 nitrogen and oxygen atoms in total. The van der Waals surface area contributed by atoms with Crippen LogP contribution in [0.4, 0.5) is 17.1 Å². The maximum Gasteiger partial charge on any atom is 0.296 e. The van der Waals surface area contributed by atoms with E-state index >= 15 is 0 Å². The maximum atomic E-state index is 12.7. The van der Waals surface area contributed by atoms with E-state index in [1.165, 1.54) is 44.4 Å². The first-order valence-corrected chi connectivity index (χ1v) is 9.03. The molecule has 2 amide bonds. The lowest BCUT2D eigenvalue weighted by molar-refractivity contribution is -0.384. The number of carbonyl (C=O) groups excluding carboxylic acids is 2. The molecule has 0 radical (unpaired) electrons. The maximum absolute atomic E-state index is 12.7. The predicted octanol–water partition coefficient (Wildman–Crippen LogP) is 2.61. The van der Waals surface area contributed by atoms with Gasteiger partial charge in [0.15, 0.2) is 0 Å². The Balaban J connectivity index is 1.79. The number of ether oxygens (including phenoxy) is 3. The molecular weight excluding hydrogens is 394 g/mol. The van der Waals surface area contributed by atoms with E-state index in [0.717, 1.165) is 0 Å². The minimum absolute atomic E-state index is 0.0228. The summed E-state index contributed by atoms with van der Waals surface area (Å²) in [5, 5.41) is 13.9. The summed E-state index contributed by atoms with van der Waals surface area (Å²) < 4.78 is 15.5. The van der Waals surface area contributed by atoms with Crippen LogP contribution >= 0.6 is 0 Å². The molecule has 1 aliphatic rings. The summed E-state index contributed by atoms with van der Waals surface area (Å²) in [6.07, 6.45) is -0.0228. The molecule has 1 aliphatic heterocycles. The minimum Gasteiger partial charge on any atom is -0.497 e. The Kier molecular flexibility index (Phi) is 6.05.